The molecule has 0 aliphatic heterocycles. The number of aromatic nitrogens is 1. The summed E-state index contributed by atoms with van der Waals surface area (Å²) in [6.45, 7) is 0. The molecular weight excluding hydrogens is 456 g/mol. The number of fused-ring (bicyclic) bond motifs is 1. The Labute approximate surface area is 168 Å². The van der Waals surface area contributed by atoms with Crippen molar-refractivity contribution in [3.63, 3.8) is 0 Å². The zero-order valence-corrected chi connectivity index (χ0v) is 17.4. The normalized spacial score (nSPS) is 11.3. The molecule has 1 N–H and O–H groups in total. The van der Waals surface area contributed by atoms with Gasteiger partial charge in [-0.05, 0) is 40.2 Å². The minimum atomic E-state index is -4.10. The van der Waals surface area contributed by atoms with Crippen LogP contribution in [0, 0.1) is 0 Å². The van der Waals surface area contributed by atoms with Crippen LogP contribution < -0.4 is 14.2 Å². The number of rotatable bonds is 6. The van der Waals surface area contributed by atoms with Crippen LogP contribution in [0.3, 0.4) is 0 Å². The molecule has 2 aromatic carbocycles. The molecule has 1 heterocycles. The molecule has 3 rings (SSSR count). The van der Waals surface area contributed by atoms with Crippen LogP contribution in [0.25, 0.3) is 11.0 Å². The van der Waals surface area contributed by atoms with E-state index in [0.29, 0.717) is 21.2 Å². The van der Waals surface area contributed by atoms with Crippen molar-refractivity contribution >= 4 is 48.7 Å². The predicted octanol–water partition coefficient (Wildman–Crippen LogP) is 3.19. The summed E-state index contributed by atoms with van der Waals surface area (Å²) >= 11 is 3.32. The van der Waals surface area contributed by atoms with Crippen LogP contribution in [0.15, 0.2) is 44.2 Å². The quantitative estimate of drug-likeness (QED) is 0.545. The lowest BCUT2D eigenvalue weighted by Gasteiger charge is -2.11. The fourth-order valence-corrected chi connectivity index (χ4v) is 4.14. The number of benzene rings is 2. The Morgan fingerprint density at radius 3 is 2.46 bits per heavy atom. The Bertz CT molecular complexity index is 1160. The van der Waals surface area contributed by atoms with Crippen molar-refractivity contribution in [2.75, 3.05) is 26.1 Å². The lowest BCUT2D eigenvalue weighted by molar-refractivity contribution is 0.0600. The van der Waals surface area contributed by atoms with Crippen LogP contribution >= 0.6 is 15.9 Å². The van der Waals surface area contributed by atoms with E-state index < -0.39 is 16.0 Å². The van der Waals surface area contributed by atoms with Crippen LogP contribution in [0.5, 0.6) is 11.5 Å². The van der Waals surface area contributed by atoms with E-state index in [4.69, 9.17) is 14.0 Å². The summed E-state index contributed by atoms with van der Waals surface area (Å²) in [5.41, 5.74) is 0.512. The minimum Gasteiger partial charge on any atom is -0.496 e. The number of carbonyl (C=O) groups is 1. The van der Waals surface area contributed by atoms with Crippen molar-refractivity contribution < 1.29 is 31.9 Å². The highest BCUT2D eigenvalue weighted by Gasteiger charge is 2.24. The highest BCUT2D eigenvalue weighted by Crippen LogP contribution is 2.35. The molecule has 11 heteroatoms. The van der Waals surface area contributed by atoms with Crippen molar-refractivity contribution in [3.05, 3.63) is 40.4 Å². The molecular formula is C17H15BrN2O7S. The van der Waals surface area contributed by atoms with E-state index in [2.05, 4.69) is 30.5 Å². The van der Waals surface area contributed by atoms with Crippen LogP contribution in [0.2, 0.25) is 0 Å². The monoisotopic (exact) mass is 470 g/mol. The molecule has 0 aliphatic rings. The van der Waals surface area contributed by atoms with E-state index in [1.54, 1.807) is 12.1 Å². The second-order valence-electron chi connectivity index (χ2n) is 5.48. The van der Waals surface area contributed by atoms with Gasteiger partial charge in [0.1, 0.15) is 16.4 Å². The van der Waals surface area contributed by atoms with Crippen LogP contribution in [0.4, 0.5) is 5.82 Å². The van der Waals surface area contributed by atoms with E-state index in [-0.39, 0.29) is 22.0 Å². The van der Waals surface area contributed by atoms with Crippen molar-refractivity contribution in [2.24, 2.45) is 0 Å². The van der Waals surface area contributed by atoms with Gasteiger partial charge in [-0.1, -0.05) is 5.16 Å². The molecule has 0 saturated carbocycles. The maximum absolute atomic E-state index is 12.9. The van der Waals surface area contributed by atoms with E-state index >= 15 is 0 Å². The number of halogens is 1. The van der Waals surface area contributed by atoms with E-state index in [1.807, 2.05) is 0 Å². The first-order valence-corrected chi connectivity index (χ1v) is 10.0. The Hall–Kier alpha value is -2.79. The molecule has 9 nitrogen and oxygen atoms in total. The Balaban J connectivity index is 2.03. The minimum absolute atomic E-state index is 0.0140. The average molecular weight is 471 g/mol. The van der Waals surface area contributed by atoms with Crippen molar-refractivity contribution in [1.29, 1.82) is 0 Å². The van der Waals surface area contributed by atoms with Crippen LogP contribution in [-0.2, 0) is 14.8 Å². The number of anilines is 1. The molecule has 0 saturated heterocycles. The van der Waals surface area contributed by atoms with Gasteiger partial charge >= 0.3 is 5.97 Å². The van der Waals surface area contributed by atoms with E-state index in [9.17, 15) is 13.2 Å². The number of hydrogen-bond donors (Lipinski definition) is 1. The second kappa shape index (κ2) is 7.68. The fourth-order valence-electron chi connectivity index (χ4n) is 2.49. The number of ether oxygens (including phenoxy) is 3. The largest absolute Gasteiger partial charge is 0.496 e. The van der Waals surface area contributed by atoms with Crippen LogP contribution in [0.1, 0.15) is 10.4 Å². The van der Waals surface area contributed by atoms with Gasteiger partial charge in [-0.25, -0.2) is 13.2 Å². The maximum atomic E-state index is 12.9. The Morgan fingerprint density at radius 1 is 1.11 bits per heavy atom. The fraction of sp³-hybridized carbons (Fsp3) is 0.176. The van der Waals surface area contributed by atoms with Crippen molar-refractivity contribution in [2.45, 2.75) is 4.90 Å². The van der Waals surface area contributed by atoms with Gasteiger partial charge in [-0.2, -0.15) is 0 Å². The summed E-state index contributed by atoms with van der Waals surface area (Å²) in [6, 6.07) is 7.05. The van der Waals surface area contributed by atoms with Crippen molar-refractivity contribution in [1.82, 2.24) is 5.16 Å². The molecule has 0 bridgehead atoms. The summed E-state index contributed by atoms with van der Waals surface area (Å²) in [6.07, 6.45) is 0. The van der Waals surface area contributed by atoms with Gasteiger partial charge in [0.25, 0.3) is 10.0 Å². The molecule has 0 aliphatic carbocycles. The Morgan fingerprint density at radius 2 is 1.82 bits per heavy atom. The molecule has 1 aromatic heterocycles. The first-order chi connectivity index (χ1) is 13.3. The highest BCUT2D eigenvalue weighted by molar-refractivity contribution is 9.10. The number of sulfonamides is 1. The summed E-state index contributed by atoms with van der Waals surface area (Å²) in [7, 11) is -0.0949. The van der Waals surface area contributed by atoms with Gasteiger partial charge in [-0.3, -0.25) is 4.72 Å². The van der Waals surface area contributed by atoms with Gasteiger partial charge in [0, 0.05) is 6.07 Å². The predicted molar refractivity (Wildman–Crippen MR) is 103 cm³/mol. The third-order valence-electron chi connectivity index (χ3n) is 3.85. The molecule has 0 amide bonds. The molecule has 0 atom stereocenters. The number of hydrogen-bond acceptors (Lipinski definition) is 8. The first kappa shape index (κ1) is 20.0. The summed E-state index contributed by atoms with van der Waals surface area (Å²) in [5, 5.41) is 4.19. The molecule has 0 fully saturated rings. The van der Waals surface area contributed by atoms with E-state index in [1.165, 1.54) is 39.5 Å². The van der Waals surface area contributed by atoms with Gasteiger partial charge in [0.15, 0.2) is 11.4 Å². The first-order valence-electron chi connectivity index (χ1n) is 7.72. The van der Waals surface area contributed by atoms with Gasteiger partial charge < -0.3 is 18.7 Å². The number of carbonyl (C=O) groups excluding carboxylic acids is 1. The third kappa shape index (κ3) is 3.62. The summed E-state index contributed by atoms with van der Waals surface area (Å²) < 4.78 is 48.9. The molecule has 3 aromatic rings. The Kier molecular flexibility index (Phi) is 5.47. The summed E-state index contributed by atoms with van der Waals surface area (Å²) in [4.78, 5) is 11.5. The average Bonchev–Trinajstić information content (AvgIpc) is 3.06. The topological polar surface area (TPSA) is 117 Å². The number of methoxy groups -OCH3 is 3. The smallest absolute Gasteiger partial charge is 0.337 e. The lowest BCUT2D eigenvalue weighted by atomic mass is 10.2. The third-order valence-corrected chi connectivity index (χ3v) is 5.85. The molecule has 0 radical (unpaired) electrons. The molecule has 28 heavy (non-hydrogen) atoms. The van der Waals surface area contributed by atoms with Gasteiger partial charge in [0.05, 0.1) is 36.8 Å². The molecule has 148 valence electrons. The lowest BCUT2D eigenvalue weighted by Crippen LogP contribution is -2.15. The standard InChI is InChI=1S/C17H15BrN2O7S/c1-24-13-7-10-12(8-11(13)18)27-19-16(10)20-28(22,23)15-5-4-9(17(21)26-3)6-14(15)25-2/h4-8H,1-3H3,(H,19,20). The highest BCUT2D eigenvalue weighted by atomic mass is 79.9. The molecule has 0 spiro atoms. The van der Waals surface area contributed by atoms with Gasteiger partial charge in [0.2, 0.25) is 0 Å². The van der Waals surface area contributed by atoms with Crippen LogP contribution in [-0.4, -0.2) is 40.9 Å². The second-order valence-corrected chi connectivity index (χ2v) is 7.98. The van der Waals surface area contributed by atoms with Crippen molar-refractivity contribution in [3.8, 4) is 11.5 Å². The zero-order valence-electron chi connectivity index (χ0n) is 15.0. The maximum Gasteiger partial charge on any atom is 0.337 e. The number of nitrogens with zero attached hydrogens (tertiary/aromatic N) is 1. The molecule has 0 unspecified atom stereocenters. The summed E-state index contributed by atoms with van der Waals surface area (Å²) in [5.74, 6) is -0.171. The number of esters is 1. The van der Waals surface area contributed by atoms with Gasteiger partial charge in [-0.15, -0.1) is 0 Å². The van der Waals surface area contributed by atoms with E-state index in [0.717, 1.165) is 0 Å². The number of nitrogens with one attached hydrogen (secondary N) is 1. The zero-order chi connectivity index (χ0) is 20.5. The SMILES string of the molecule is COC(=O)c1ccc(S(=O)(=O)Nc2noc3cc(Br)c(OC)cc23)c(OC)c1.